The van der Waals surface area contributed by atoms with Gasteiger partial charge in [0.15, 0.2) is 11.5 Å². The highest BCUT2D eigenvalue weighted by molar-refractivity contribution is 5.95. The van der Waals surface area contributed by atoms with Crippen molar-refractivity contribution in [2.24, 2.45) is 5.73 Å². The summed E-state index contributed by atoms with van der Waals surface area (Å²) in [4.78, 5) is 13.3. The quantitative estimate of drug-likeness (QED) is 0.585. The zero-order chi connectivity index (χ0) is 21.6. The maximum Gasteiger partial charge on any atom is 0.231 e. The molecule has 3 aromatic carbocycles. The number of benzene rings is 3. The number of Topliss-reactive ketones (excluding diaryl/α,β-unsaturated/α-hetero) is 1. The minimum absolute atomic E-state index is 0. The Bertz CT molecular complexity index is 1190. The first-order valence-electron chi connectivity index (χ1n) is 10.5. The minimum atomic E-state index is -0.558. The van der Waals surface area contributed by atoms with Gasteiger partial charge < -0.3 is 15.2 Å². The number of fused-ring (bicyclic) bond motifs is 1. The number of ketones is 1. The predicted octanol–water partition coefficient (Wildman–Crippen LogP) is 5.32. The average Bonchev–Trinajstić information content (AvgIpc) is 3.46. The van der Waals surface area contributed by atoms with Crippen molar-refractivity contribution in [2.45, 2.75) is 38.1 Å². The standard InChI is InChI=1S/C26H24FNO3.2H2/c1-16-9-22(27)19(11-21(16)18-4-2-3-17(10-18)14-28)12-25(29)26(7-8-26)20-5-6-23-24(13-20)31-15-30-23;;/h2-6,9-11,13H,7-8,12,14-15,28H2,1H3;2*1H. The van der Waals surface area contributed by atoms with Gasteiger partial charge in [-0.2, -0.15) is 0 Å². The number of carbonyl (C=O) groups excluding carboxylic acids is 1. The molecule has 1 saturated carbocycles. The van der Waals surface area contributed by atoms with Gasteiger partial charge in [0.25, 0.3) is 0 Å². The molecule has 162 valence electrons. The van der Waals surface area contributed by atoms with Crippen LogP contribution >= 0.6 is 0 Å². The van der Waals surface area contributed by atoms with Gasteiger partial charge in [-0.1, -0.05) is 24.3 Å². The van der Waals surface area contributed by atoms with Crippen molar-refractivity contribution in [2.75, 3.05) is 6.79 Å². The Morgan fingerprint density at radius 2 is 1.90 bits per heavy atom. The number of rotatable bonds is 6. The molecule has 1 fully saturated rings. The Morgan fingerprint density at radius 3 is 2.68 bits per heavy atom. The number of halogens is 1. The summed E-state index contributed by atoms with van der Waals surface area (Å²) in [5.74, 6) is 1.06. The van der Waals surface area contributed by atoms with Crippen LogP contribution in [0.15, 0.2) is 54.6 Å². The van der Waals surface area contributed by atoms with E-state index >= 15 is 0 Å². The molecule has 0 unspecified atom stereocenters. The molecule has 5 rings (SSSR count). The molecule has 1 aliphatic heterocycles. The molecular formula is C26H28FNO3. The van der Waals surface area contributed by atoms with Crippen LogP contribution in [0.25, 0.3) is 11.1 Å². The molecule has 0 atom stereocenters. The number of ether oxygens (including phenoxy) is 2. The monoisotopic (exact) mass is 421 g/mol. The molecule has 5 heteroatoms. The van der Waals surface area contributed by atoms with Crippen LogP contribution in [0.2, 0.25) is 0 Å². The zero-order valence-corrected chi connectivity index (χ0v) is 17.4. The maximum atomic E-state index is 14.8. The fraction of sp³-hybridized carbons (Fsp3) is 0.269. The van der Waals surface area contributed by atoms with Crippen molar-refractivity contribution >= 4 is 5.78 Å². The van der Waals surface area contributed by atoms with Crippen molar-refractivity contribution in [3.8, 4) is 22.6 Å². The Balaban J connectivity index is 0.00000153. The summed E-state index contributed by atoms with van der Waals surface area (Å²) in [5, 5.41) is 0. The lowest BCUT2D eigenvalue weighted by Gasteiger charge is -2.17. The molecule has 3 aromatic rings. The van der Waals surface area contributed by atoms with Gasteiger partial charge in [-0.25, -0.2) is 4.39 Å². The molecule has 2 N–H and O–H groups in total. The van der Waals surface area contributed by atoms with E-state index < -0.39 is 5.41 Å². The van der Waals surface area contributed by atoms with Crippen LogP contribution in [0.3, 0.4) is 0 Å². The van der Waals surface area contributed by atoms with Crippen LogP contribution < -0.4 is 15.2 Å². The molecular weight excluding hydrogens is 393 g/mol. The molecule has 0 radical (unpaired) electrons. The summed E-state index contributed by atoms with van der Waals surface area (Å²) >= 11 is 0. The van der Waals surface area contributed by atoms with Crippen molar-refractivity contribution in [3.63, 3.8) is 0 Å². The molecule has 0 spiro atoms. The van der Waals surface area contributed by atoms with E-state index in [-0.39, 0.29) is 27.7 Å². The molecule has 0 bridgehead atoms. The predicted molar refractivity (Wildman–Crippen MR) is 121 cm³/mol. The topological polar surface area (TPSA) is 61.5 Å². The molecule has 0 aromatic heterocycles. The fourth-order valence-corrected chi connectivity index (χ4v) is 4.42. The highest BCUT2D eigenvalue weighted by Crippen LogP contribution is 2.51. The fourth-order valence-electron chi connectivity index (χ4n) is 4.42. The van der Waals surface area contributed by atoms with Crippen LogP contribution in [0, 0.1) is 12.7 Å². The van der Waals surface area contributed by atoms with Crippen molar-refractivity contribution in [1.82, 2.24) is 0 Å². The van der Waals surface area contributed by atoms with Crippen molar-refractivity contribution in [1.29, 1.82) is 0 Å². The molecule has 1 aliphatic carbocycles. The molecule has 1 heterocycles. The molecule has 31 heavy (non-hydrogen) atoms. The molecule has 2 aliphatic rings. The van der Waals surface area contributed by atoms with Gasteiger partial charge in [-0.3, -0.25) is 4.79 Å². The van der Waals surface area contributed by atoms with E-state index in [1.165, 1.54) is 6.07 Å². The lowest BCUT2D eigenvalue weighted by Crippen LogP contribution is -2.23. The van der Waals surface area contributed by atoms with E-state index in [9.17, 15) is 9.18 Å². The third kappa shape index (κ3) is 3.49. The Morgan fingerprint density at radius 1 is 1.10 bits per heavy atom. The van der Waals surface area contributed by atoms with Gasteiger partial charge in [-0.05, 0) is 83.5 Å². The second kappa shape index (κ2) is 7.50. The van der Waals surface area contributed by atoms with E-state index in [4.69, 9.17) is 15.2 Å². The lowest BCUT2D eigenvalue weighted by atomic mass is 9.86. The van der Waals surface area contributed by atoms with Crippen LogP contribution in [-0.4, -0.2) is 12.6 Å². The number of carbonyl (C=O) groups is 1. The highest BCUT2D eigenvalue weighted by Gasteiger charge is 2.51. The Labute approximate surface area is 183 Å². The first-order chi connectivity index (χ1) is 15.0. The van der Waals surface area contributed by atoms with Gasteiger partial charge in [0, 0.05) is 15.8 Å². The van der Waals surface area contributed by atoms with Gasteiger partial charge in [0.05, 0.1) is 5.41 Å². The minimum Gasteiger partial charge on any atom is -0.454 e. The lowest BCUT2D eigenvalue weighted by molar-refractivity contribution is -0.120. The number of nitrogens with two attached hydrogens (primary N) is 1. The first-order valence-corrected chi connectivity index (χ1v) is 10.5. The van der Waals surface area contributed by atoms with Crippen LogP contribution in [0.4, 0.5) is 4.39 Å². The average molecular weight is 422 g/mol. The Hall–Kier alpha value is -3.18. The molecule has 0 saturated heterocycles. The summed E-state index contributed by atoms with van der Waals surface area (Å²) in [6.07, 6.45) is 1.60. The summed E-state index contributed by atoms with van der Waals surface area (Å²) in [6, 6.07) is 16.9. The SMILES string of the molecule is Cc1cc(F)c(CC(=O)C2(c3ccc4c(c3)OCO4)CC2)cc1-c1cccc(CN)c1.[HH].[HH]. The van der Waals surface area contributed by atoms with Gasteiger partial charge in [0.1, 0.15) is 11.6 Å². The molecule has 4 nitrogen and oxygen atoms in total. The van der Waals surface area contributed by atoms with Crippen molar-refractivity contribution in [3.05, 3.63) is 82.7 Å². The van der Waals surface area contributed by atoms with Crippen molar-refractivity contribution < 1.29 is 21.5 Å². The second-order valence-corrected chi connectivity index (χ2v) is 8.41. The smallest absolute Gasteiger partial charge is 0.231 e. The summed E-state index contributed by atoms with van der Waals surface area (Å²) < 4.78 is 25.7. The van der Waals surface area contributed by atoms with Gasteiger partial charge in [0.2, 0.25) is 6.79 Å². The van der Waals surface area contributed by atoms with E-state index in [0.29, 0.717) is 23.6 Å². The third-order valence-electron chi connectivity index (χ3n) is 6.43. The van der Waals surface area contributed by atoms with E-state index in [0.717, 1.165) is 40.7 Å². The van der Waals surface area contributed by atoms with E-state index in [2.05, 4.69) is 0 Å². The summed E-state index contributed by atoms with van der Waals surface area (Å²) in [5.41, 5.74) is 10.3. The van der Waals surface area contributed by atoms with Gasteiger partial charge >= 0.3 is 0 Å². The highest BCUT2D eigenvalue weighted by atomic mass is 19.1. The largest absolute Gasteiger partial charge is 0.454 e. The van der Waals surface area contributed by atoms with Gasteiger partial charge in [-0.15, -0.1) is 0 Å². The molecule has 0 amide bonds. The zero-order valence-electron chi connectivity index (χ0n) is 17.4. The van der Waals surface area contributed by atoms with E-state index in [1.54, 1.807) is 0 Å². The summed E-state index contributed by atoms with van der Waals surface area (Å²) in [7, 11) is 0. The van der Waals surface area contributed by atoms with E-state index in [1.807, 2.05) is 55.5 Å². The van der Waals surface area contributed by atoms with Crippen LogP contribution in [0.1, 0.15) is 37.9 Å². The normalized spacial score (nSPS) is 15.7. The van der Waals surface area contributed by atoms with Crippen LogP contribution in [0.5, 0.6) is 11.5 Å². The van der Waals surface area contributed by atoms with Crippen LogP contribution in [-0.2, 0) is 23.2 Å². The number of hydrogen-bond donors (Lipinski definition) is 1. The summed E-state index contributed by atoms with van der Waals surface area (Å²) in [6.45, 7) is 2.52. The second-order valence-electron chi connectivity index (χ2n) is 8.41. The number of hydrogen-bond acceptors (Lipinski definition) is 4. The maximum absolute atomic E-state index is 14.8. The third-order valence-corrected chi connectivity index (χ3v) is 6.43. The Kier molecular flexibility index (Phi) is 4.78. The first kappa shape index (κ1) is 19.8. The number of aryl methyl sites for hydroxylation is 1.